The fourth-order valence-corrected chi connectivity index (χ4v) is 6.81. The highest BCUT2D eigenvalue weighted by Gasteiger charge is 2.30. The Labute approximate surface area is 267 Å². The maximum atomic E-state index is 15.1. The Morgan fingerprint density at radius 1 is 0.696 bits per heavy atom. The fourth-order valence-electron chi connectivity index (χ4n) is 6.81. The number of benzene rings is 3. The summed E-state index contributed by atoms with van der Waals surface area (Å²) in [5.74, 6) is -5.60. The molecule has 0 bridgehead atoms. The zero-order valence-corrected chi connectivity index (χ0v) is 26.3. The van der Waals surface area contributed by atoms with Crippen LogP contribution in [0.5, 0.6) is 5.75 Å². The highest BCUT2D eigenvalue weighted by atomic mass is 19.2. The van der Waals surface area contributed by atoms with Gasteiger partial charge in [-0.3, -0.25) is 0 Å². The first kappa shape index (κ1) is 33.8. The molecule has 0 radical (unpaired) electrons. The average Bonchev–Trinajstić information content (AvgIpc) is 3.07. The molecule has 3 aromatic carbocycles. The monoisotopic (exact) mass is 642 g/mol. The molecule has 0 aromatic heterocycles. The van der Waals surface area contributed by atoms with Crippen molar-refractivity contribution >= 4 is 5.57 Å². The number of aryl methyl sites for hydroxylation is 1. The number of hydrogen-bond acceptors (Lipinski definition) is 2. The molecule has 46 heavy (non-hydrogen) atoms. The summed E-state index contributed by atoms with van der Waals surface area (Å²) in [4.78, 5) is 0. The summed E-state index contributed by atoms with van der Waals surface area (Å²) in [6.45, 7) is 3.69. The van der Waals surface area contributed by atoms with Crippen LogP contribution in [0, 0.1) is 46.7 Å². The van der Waals surface area contributed by atoms with Crippen LogP contribution in [-0.4, -0.2) is 12.7 Å². The summed E-state index contributed by atoms with van der Waals surface area (Å²) in [6, 6.07) is 8.39. The van der Waals surface area contributed by atoms with Gasteiger partial charge in [0.2, 0.25) is 5.82 Å². The normalized spacial score (nSPS) is 20.3. The van der Waals surface area contributed by atoms with E-state index in [1.54, 1.807) is 13.0 Å². The van der Waals surface area contributed by atoms with Gasteiger partial charge in [-0.2, -0.15) is 4.39 Å². The van der Waals surface area contributed by atoms with E-state index in [1.165, 1.54) is 30.3 Å². The number of allylic oxidation sites excluding steroid dienone is 4. The molecule has 1 fully saturated rings. The molecule has 0 saturated heterocycles. The third kappa shape index (κ3) is 7.38. The Morgan fingerprint density at radius 3 is 1.96 bits per heavy atom. The fraction of sp³-hybridized carbons (Fsp3) is 0.421. The average molecular weight is 643 g/mol. The van der Waals surface area contributed by atoms with Gasteiger partial charge in [0.25, 0.3) is 0 Å². The summed E-state index contributed by atoms with van der Waals surface area (Å²) in [5.41, 5.74) is 0.655. The van der Waals surface area contributed by atoms with E-state index >= 15 is 8.78 Å². The van der Waals surface area contributed by atoms with Crippen molar-refractivity contribution in [2.24, 2.45) is 11.8 Å². The van der Waals surface area contributed by atoms with Gasteiger partial charge in [-0.1, -0.05) is 42.5 Å². The molecule has 246 valence electrons. The van der Waals surface area contributed by atoms with Crippen LogP contribution in [0.15, 0.2) is 54.6 Å². The van der Waals surface area contributed by atoms with Crippen LogP contribution in [0.2, 0.25) is 0 Å². The van der Waals surface area contributed by atoms with Crippen LogP contribution in [0.4, 0.5) is 26.3 Å². The smallest absolute Gasteiger partial charge is 0.201 e. The lowest BCUT2D eigenvalue weighted by Crippen LogP contribution is -2.27. The molecule has 2 aliphatic rings. The van der Waals surface area contributed by atoms with Gasteiger partial charge in [0.05, 0.1) is 19.3 Å². The van der Waals surface area contributed by atoms with Crippen LogP contribution < -0.4 is 4.74 Å². The molecule has 1 saturated carbocycles. The molecule has 2 aliphatic carbocycles. The van der Waals surface area contributed by atoms with E-state index < -0.39 is 34.9 Å². The Balaban J connectivity index is 1.14. The lowest BCUT2D eigenvalue weighted by molar-refractivity contribution is -0.000995. The van der Waals surface area contributed by atoms with E-state index in [9.17, 15) is 17.6 Å². The second-order valence-electron chi connectivity index (χ2n) is 12.2. The first-order chi connectivity index (χ1) is 22.2. The summed E-state index contributed by atoms with van der Waals surface area (Å²) in [7, 11) is 0. The largest absolute Gasteiger partial charge is 0.491 e. The predicted molar refractivity (Wildman–Crippen MR) is 168 cm³/mol. The van der Waals surface area contributed by atoms with E-state index in [0.29, 0.717) is 36.7 Å². The highest BCUT2D eigenvalue weighted by Crippen LogP contribution is 2.42. The minimum atomic E-state index is -1.23. The Morgan fingerprint density at radius 2 is 1.33 bits per heavy atom. The third-order valence-corrected chi connectivity index (χ3v) is 9.43. The molecule has 8 heteroatoms. The summed E-state index contributed by atoms with van der Waals surface area (Å²) < 4.78 is 99.8. The molecule has 0 amide bonds. The number of ether oxygens (including phenoxy) is 2. The maximum Gasteiger partial charge on any atom is 0.201 e. The van der Waals surface area contributed by atoms with Gasteiger partial charge in [-0.05, 0) is 107 Å². The van der Waals surface area contributed by atoms with Crippen LogP contribution in [0.25, 0.3) is 16.7 Å². The predicted octanol–water partition coefficient (Wildman–Crippen LogP) is 11.1. The quantitative estimate of drug-likeness (QED) is 0.153. The van der Waals surface area contributed by atoms with E-state index in [-0.39, 0.29) is 47.3 Å². The summed E-state index contributed by atoms with van der Waals surface area (Å²) >= 11 is 0. The molecule has 0 heterocycles. The van der Waals surface area contributed by atoms with Crippen molar-refractivity contribution in [3.63, 3.8) is 0 Å². The minimum absolute atomic E-state index is 0.0233. The van der Waals surface area contributed by atoms with Crippen molar-refractivity contribution in [1.29, 1.82) is 0 Å². The Bertz CT molecular complexity index is 1590. The minimum Gasteiger partial charge on any atom is -0.491 e. The molecule has 0 N–H and O–H groups in total. The lowest BCUT2D eigenvalue weighted by Gasteiger charge is -2.35. The van der Waals surface area contributed by atoms with Gasteiger partial charge in [0.15, 0.2) is 34.8 Å². The van der Waals surface area contributed by atoms with E-state index in [2.05, 4.69) is 0 Å². The summed E-state index contributed by atoms with van der Waals surface area (Å²) in [6.07, 6.45) is 12.2. The molecular weight excluding hydrogens is 602 g/mol. The zero-order valence-electron chi connectivity index (χ0n) is 26.3. The Kier molecular flexibility index (Phi) is 11.3. The van der Waals surface area contributed by atoms with Gasteiger partial charge >= 0.3 is 0 Å². The first-order valence-corrected chi connectivity index (χ1v) is 16.2. The third-order valence-electron chi connectivity index (χ3n) is 9.43. The topological polar surface area (TPSA) is 18.5 Å². The van der Waals surface area contributed by atoms with E-state index in [1.807, 2.05) is 25.2 Å². The van der Waals surface area contributed by atoms with Gasteiger partial charge in [0.1, 0.15) is 0 Å². The van der Waals surface area contributed by atoms with Gasteiger partial charge in [-0.15, -0.1) is 0 Å². The molecule has 1 atom stereocenters. The van der Waals surface area contributed by atoms with Crippen LogP contribution in [0.3, 0.4) is 0 Å². The van der Waals surface area contributed by atoms with Crippen molar-refractivity contribution in [3.8, 4) is 16.9 Å². The van der Waals surface area contributed by atoms with Crippen LogP contribution >= 0.6 is 0 Å². The van der Waals surface area contributed by atoms with Crippen LogP contribution in [-0.2, 0) is 17.8 Å². The molecule has 3 aromatic rings. The van der Waals surface area contributed by atoms with Gasteiger partial charge < -0.3 is 9.47 Å². The highest BCUT2D eigenvalue weighted by molar-refractivity contribution is 5.68. The van der Waals surface area contributed by atoms with E-state index in [4.69, 9.17) is 9.47 Å². The van der Waals surface area contributed by atoms with Crippen molar-refractivity contribution in [1.82, 2.24) is 0 Å². The lowest BCUT2D eigenvalue weighted by atomic mass is 9.73. The van der Waals surface area contributed by atoms with Crippen LogP contribution in [0.1, 0.15) is 81.9 Å². The molecule has 0 spiro atoms. The second-order valence-corrected chi connectivity index (χ2v) is 12.2. The SMILES string of the molecule is CC=CCCc1ccc(-c2ccc(COC3CCC(C4CC=C(c5ccc(OCC)c(F)c5F)CC4)CC3)c(F)c2F)c(F)c1F. The number of halogens is 6. The molecular formula is C38H40F6O2. The van der Waals surface area contributed by atoms with Gasteiger partial charge in [-0.25, -0.2) is 22.0 Å². The number of rotatable bonds is 11. The second kappa shape index (κ2) is 15.4. The molecule has 5 rings (SSSR count). The first-order valence-electron chi connectivity index (χ1n) is 16.2. The van der Waals surface area contributed by atoms with Crippen molar-refractivity contribution in [2.45, 2.75) is 84.3 Å². The standard InChI is InChI=1S/C38H40F6O2/c1-3-5-6-7-26-14-18-30(36(42)33(26)39)31-19-15-27(34(40)37(31)43)22-46-28-16-12-24(13-17-28)23-8-10-25(11-9-23)29-20-21-32(45-4-2)38(44)35(29)41/h3,5,10,14-15,18-21,23-24,28H,4,6-9,11-13,16-17,22H2,1-2H3. The van der Waals surface area contributed by atoms with Crippen molar-refractivity contribution in [2.75, 3.05) is 6.61 Å². The van der Waals surface area contributed by atoms with Crippen molar-refractivity contribution < 1.29 is 35.8 Å². The Hall–Kier alpha value is -3.52. The molecule has 1 unspecified atom stereocenters. The maximum absolute atomic E-state index is 15.1. The molecule has 2 nitrogen and oxygen atoms in total. The van der Waals surface area contributed by atoms with Gasteiger partial charge in [0, 0.05) is 22.3 Å². The summed E-state index contributed by atoms with van der Waals surface area (Å²) in [5, 5.41) is 0. The van der Waals surface area contributed by atoms with Crippen molar-refractivity contribution in [3.05, 3.63) is 106 Å². The zero-order chi connectivity index (χ0) is 32.8. The number of hydrogen-bond donors (Lipinski definition) is 0. The molecule has 0 aliphatic heterocycles. The van der Waals surface area contributed by atoms with E-state index in [0.717, 1.165) is 44.1 Å².